The lowest BCUT2D eigenvalue weighted by Crippen LogP contribution is -2.36. The standard InChI is InChI=1S/C17H33ClO2S/c1-5-6-7-15-8-10-17(14-18,11-9-15)12-13-21(19,20)16(2,3)4/h15H,5-14H2,1-4H3. The fourth-order valence-electron chi connectivity index (χ4n) is 3.18. The van der Waals surface area contributed by atoms with Gasteiger partial charge in [-0.05, 0) is 64.2 Å². The fourth-order valence-corrected chi connectivity index (χ4v) is 4.89. The maximum Gasteiger partial charge on any atom is 0.155 e. The second-order valence-corrected chi connectivity index (χ2v) is 11.0. The van der Waals surface area contributed by atoms with Gasteiger partial charge in [0.1, 0.15) is 0 Å². The number of alkyl halides is 1. The monoisotopic (exact) mass is 336 g/mol. The molecular formula is C17H33ClO2S. The van der Waals surface area contributed by atoms with Crippen molar-refractivity contribution in [2.75, 3.05) is 11.6 Å². The van der Waals surface area contributed by atoms with Gasteiger partial charge in [0.2, 0.25) is 0 Å². The first-order valence-corrected chi connectivity index (χ1v) is 10.6. The molecule has 0 unspecified atom stereocenters. The summed E-state index contributed by atoms with van der Waals surface area (Å²) in [7, 11) is -3.03. The summed E-state index contributed by atoms with van der Waals surface area (Å²) in [6.07, 6.45) is 9.29. The molecule has 0 atom stereocenters. The third-order valence-corrected chi connectivity index (χ3v) is 8.42. The van der Waals surface area contributed by atoms with Crippen LogP contribution in [0.15, 0.2) is 0 Å². The second-order valence-electron chi connectivity index (χ2n) is 7.90. The van der Waals surface area contributed by atoms with Gasteiger partial charge in [0.25, 0.3) is 0 Å². The highest BCUT2D eigenvalue weighted by Gasteiger charge is 2.37. The van der Waals surface area contributed by atoms with Crippen LogP contribution in [0.4, 0.5) is 0 Å². The van der Waals surface area contributed by atoms with Crippen molar-refractivity contribution in [3.8, 4) is 0 Å². The molecule has 1 rings (SSSR count). The van der Waals surface area contributed by atoms with E-state index in [1.165, 1.54) is 32.1 Å². The van der Waals surface area contributed by atoms with E-state index in [9.17, 15) is 8.42 Å². The van der Waals surface area contributed by atoms with Crippen molar-refractivity contribution < 1.29 is 8.42 Å². The van der Waals surface area contributed by atoms with E-state index in [1.807, 2.05) is 0 Å². The largest absolute Gasteiger partial charge is 0.228 e. The lowest BCUT2D eigenvalue weighted by atomic mass is 9.69. The molecule has 0 aromatic heterocycles. The third kappa shape index (κ3) is 5.42. The van der Waals surface area contributed by atoms with E-state index in [-0.39, 0.29) is 11.2 Å². The van der Waals surface area contributed by atoms with E-state index in [4.69, 9.17) is 11.6 Å². The number of rotatable bonds is 7. The van der Waals surface area contributed by atoms with E-state index in [2.05, 4.69) is 6.92 Å². The molecule has 1 aliphatic rings. The highest BCUT2D eigenvalue weighted by atomic mass is 35.5. The summed E-state index contributed by atoms with van der Waals surface area (Å²) in [5.41, 5.74) is 0.0581. The lowest BCUT2D eigenvalue weighted by Gasteiger charge is -2.39. The molecule has 1 saturated carbocycles. The van der Waals surface area contributed by atoms with Crippen molar-refractivity contribution in [2.24, 2.45) is 11.3 Å². The van der Waals surface area contributed by atoms with Crippen LogP contribution in [0.3, 0.4) is 0 Å². The summed E-state index contributed by atoms with van der Waals surface area (Å²) < 4.78 is 24.0. The molecule has 0 spiro atoms. The van der Waals surface area contributed by atoms with Crippen molar-refractivity contribution >= 4 is 21.4 Å². The first-order valence-electron chi connectivity index (χ1n) is 8.44. The average Bonchev–Trinajstić information content (AvgIpc) is 2.43. The summed E-state index contributed by atoms with van der Waals surface area (Å²) in [6.45, 7) is 7.61. The van der Waals surface area contributed by atoms with Crippen LogP contribution in [0.1, 0.15) is 79.1 Å². The van der Waals surface area contributed by atoms with Gasteiger partial charge in [0, 0.05) is 5.88 Å². The van der Waals surface area contributed by atoms with Crippen molar-refractivity contribution in [2.45, 2.75) is 83.8 Å². The highest BCUT2D eigenvalue weighted by Crippen LogP contribution is 2.44. The summed E-state index contributed by atoms with van der Waals surface area (Å²) >= 11 is 6.24. The van der Waals surface area contributed by atoms with E-state index >= 15 is 0 Å². The van der Waals surface area contributed by atoms with Crippen molar-refractivity contribution in [1.82, 2.24) is 0 Å². The van der Waals surface area contributed by atoms with Crippen molar-refractivity contribution in [1.29, 1.82) is 0 Å². The van der Waals surface area contributed by atoms with Gasteiger partial charge in [-0.15, -0.1) is 11.6 Å². The van der Waals surface area contributed by atoms with Gasteiger partial charge in [0.15, 0.2) is 9.84 Å². The Bertz CT molecular complexity index is 401. The summed E-state index contributed by atoms with van der Waals surface area (Å²) in [6, 6.07) is 0. The quantitative estimate of drug-likeness (QED) is 0.599. The maximum absolute atomic E-state index is 12.3. The molecule has 0 heterocycles. The summed E-state index contributed by atoms with van der Waals surface area (Å²) in [5, 5.41) is 0. The molecule has 0 amide bonds. The topological polar surface area (TPSA) is 34.1 Å². The maximum atomic E-state index is 12.3. The minimum atomic E-state index is -3.03. The smallest absolute Gasteiger partial charge is 0.155 e. The van der Waals surface area contributed by atoms with Crippen molar-refractivity contribution in [3.05, 3.63) is 0 Å². The Kier molecular flexibility index (Phi) is 7.05. The van der Waals surface area contributed by atoms with Gasteiger partial charge in [-0.3, -0.25) is 0 Å². The zero-order chi connectivity index (χ0) is 16.1. The van der Waals surface area contributed by atoms with Crippen molar-refractivity contribution in [3.63, 3.8) is 0 Å². The van der Waals surface area contributed by atoms with Crippen LogP contribution in [0.5, 0.6) is 0 Å². The molecule has 0 saturated heterocycles. The molecule has 0 aromatic carbocycles. The molecule has 21 heavy (non-hydrogen) atoms. The first kappa shape index (κ1) is 19.3. The van der Waals surface area contributed by atoms with Crippen LogP contribution in [-0.4, -0.2) is 24.8 Å². The molecule has 0 aromatic rings. The second kappa shape index (κ2) is 7.68. The predicted octanol–water partition coefficient (Wildman–Crippen LogP) is 5.20. The molecule has 1 aliphatic carbocycles. The first-order chi connectivity index (χ1) is 9.66. The normalized spacial score (nSPS) is 27.8. The molecule has 0 radical (unpaired) electrons. The van der Waals surface area contributed by atoms with Gasteiger partial charge in [0.05, 0.1) is 10.5 Å². The molecule has 2 nitrogen and oxygen atoms in total. The number of hydrogen-bond acceptors (Lipinski definition) is 2. The van der Waals surface area contributed by atoms with E-state index in [0.29, 0.717) is 5.88 Å². The van der Waals surface area contributed by atoms with E-state index < -0.39 is 14.6 Å². The van der Waals surface area contributed by atoms with Crippen LogP contribution < -0.4 is 0 Å². The van der Waals surface area contributed by atoms with Gasteiger partial charge in [-0.25, -0.2) is 8.42 Å². The van der Waals surface area contributed by atoms with Crippen LogP contribution in [-0.2, 0) is 9.84 Å². The minimum Gasteiger partial charge on any atom is -0.228 e. The molecule has 126 valence electrons. The van der Waals surface area contributed by atoms with Gasteiger partial charge in [-0.2, -0.15) is 0 Å². The van der Waals surface area contributed by atoms with Gasteiger partial charge in [-0.1, -0.05) is 26.2 Å². The number of unbranched alkanes of at least 4 members (excludes halogenated alkanes) is 1. The molecular weight excluding hydrogens is 304 g/mol. The Hall–Kier alpha value is 0.240. The Morgan fingerprint density at radius 1 is 1.19 bits per heavy atom. The third-order valence-electron chi connectivity index (χ3n) is 5.25. The van der Waals surface area contributed by atoms with Gasteiger partial charge >= 0.3 is 0 Å². The van der Waals surface area contributed by atoms with E-state index in [0.717, 1.165) is 25.2 Å². The zero-order valence-electron chi connectivity index (χ0n) is 14.3. The highest BCUT2D eigenvalue weighted by molar-refractivity contribution is 7.92. The Labute approximate surface area is 137 Å². The zero-order valence-corrected chi connectivity index (χ0v) is 15.8. The van der Waals surface area contributed by atoms with Crippen LogP contribution in [0, 0.1) is 11.3 Å². The minimum absolute atomic E-state index is 0.0581. The molecule has 0 aliphatic heterocycles. The SMILES string of the molecule is CCCCC1CCC(CCl)(CCS(=O)(=O)C(C)(C)C)CC1. The van der Waals surface area contributed by atoms with Crippen LogP contribution >= 0.6 is 11.6 Å². The van der Waals surface area contributed by atoms with Crippen LogP contribution in [0.25, 0.3) is 0 Å². The van der Waals surface area contributed by atoms with E-state index in [1.54, 1.807) is 20.8 Å². The number of halogens is 1. The summed E-state index contributed by atoms with van der Waals surface area (Å²) in [4.78, 5) is 0. The molecule has 0 N–H and O–H groups in total. The van der Waals surface area contributed by atoms with Gasteiger partial charge < -0.3 is 0 Å². The molecule has 1 fully saturated rings. The Morgan fingerprint density at radius 3 is 2.19 bits per heavy atom. The average molecular weight is 337 g/mol. The molecule has 0 bridgehead atoms. The fraction of sp³-hybridized carbons (Fsp3) is 1.00. The lowest BCUT2D eigenvalue weighted by molar-refractivity contribution is 0.161. The predicted molar refractivity (Wildman–Crippen MR) is 92.8 cm³/mol. The molecule has 4 heteroatoms. The Balaban J connectivity index is 2.56. The summed E-state index contributed by atoms with van der Waals surface area (Å²) in [5.74, 6) is 1.72. The number of sulfone groups is 1. The Morgan fingerprint density at radius 2 is 1.76 bits per heavy atom. The number of hydrogen-bond donors (Lipinski definition) is 0. The van der Waals surface area contributed by atoms with Crippen LogP contribution in [0.2, 0.25) is 0 Å².